The molecule has 0 spiro atoms. The van der Waals surface area contributed by atoms with Gasteiger partial charge in [0.05, 0.1) is 5.69 Å². The number of benzene rings is 1. The number of piperidine rings is 1. The van der Waals surface area contributed by atoms with Crippen LogP contribution in [0.15, 0.2) is 40.8 Å². The summed E-state index contributed by atoms with van der Waals surface area (Å²) in [6, 6.07) is 6.98. The van der Waals surface area contributed by atoms with Gasteiger partial charge in [-0.2, -0.15) is 26.3 Å². The van der Waals surface area contributed by atoms with Gasteiger partial charge in [-0.1, -0.05) is 0 Å². The van der Waals surface area contributed by atoms with Crippen molar-refractivity contribution >= 4 is 23.5 Å². The summed E-state index contributed by atoms with van der Waals surface area (Å²) < 4.78 is 81.8. The summed E-state index contributed by atoms with van der Waals surface area (Å²) >= 11 is 0. The molecule has 0 N–H and O–H groups in total. The standard InChI is InChI=1S/C22H19F6N3O5/c23-21(24,25)19(33)31(36-20(34)22(26,27)28)15-3-1-13(2-4-15)16-5-6-17(35-16)18(32)30-12-11-29-9-7-14(30)8-10-29/h1-6,14H,7-12H2. The molecular formula is C22H19F6N3O5. The number of halogens is 6. The summed E-state index contributed by atoms with van der Waals surface area (Å²) in [6.07, 6.45) is -9.55. The van der Waals surface area contributed by atoms with Gasteiger partial charge >= 0.3 is 24.2 Å². The number of carbonyl (C=O) groups is 3. The van der Waals surface area contributed by atoms with Crippen molar-refractivity contribution in [3.05, 3.63) is 42.2 Å². The van der Waals surface area contributed by atoms with Gasteiger partial charge in [-0.15, -0.1) is 5.06 Å². The quantitative estimate of drug-likeness (QED) is 0.454. The van der Waals surface area contributed by atoms with Crippen LogP contribution in [0.5, 0.6) is 0 Å². The van der Waals surface area contributed by atoms with E-state index in [0.29, 0.717) is 6.54 Å². The smallest absolute Gasteiger partial charge is 0.451 e. The van der Waals surface area contributed by atoms with E-state index in [1.807, 2.05) is 0 Å². The Bertz CT molecular complexity index is 1140. The van der Waals surface area contributed by atoms with Crippen molar-refractivity contribution in [1.82, 2.24) is 9.80 Å². The normalized spacial score (nSPS) is 20.1. The molecule has 2 aromatic rings. The van der Waals surface area contributed by atoms with Crippen molar-refractivity contribution in [1.29, 1.82) is 0 Å². The van der Waals surface area contributed by atoms with Crippen molar-refractivity contribution in [2.75, 3.05) is 31.2 Å². The van der Waals surface area contributed by atoms with Crippen LogP contribution in [0.3, 0.4) is 0 Å². The summed E-state index contributed by atoms with van der Waals surface area (Å²) in [4.78, 5) is 43.4. The number of hydrogen-bond donors (Lipinski definition) is 0. The van der Waals surface area contributed by atoms with E-state index < -0.39 is 35.0 Å². The van der Waals surface area contributed by atoms with E-state index in [1.165, 1.54) is 12.1 Å². The molecule has 0 atom stereocenters. The molecule has 0 unspecified atom stereocenters. The maximum absolute atomic E-state index is 13.0. The highest BCUT2D eigenvalue weighted by molar-refractivity contribution is 5.97. The number of hydrogen-bond acceptors (Lipinski definition) is 6. The molecule has 3 fully saturated rings. The van der Waals surface area contributed by atoms with Gasteiger partial charge in [-0.05, 0) is 49.2 Å². The first-order valence-corrected chi connectivity index (χ1v) is 10.8. The predicted octanol–water partition coefficient (Wildman–Crippen LogP) is 3.78. The maximum Gasteiger partial charge on any atom is 0.493 e. The fraction of sp³-hybridized carbons (Fsp3) is 0.409. The van der Waals surface area contributed by atoms with Gasteiger partial charge in [-0.3, -0.25) is 9.59 Å². The summed E-state index contributed by atoms with van der Waals surface area (Å²) in [5.41, 5.74) is -0.529. The molecule has 1 aromatic heterocycles. The molecule has 4 heterocycles. The molecule has 8 nitrogen and oxygen atoms in total. The van der Waals surface area contributed by atoms with Gasteiger partial charge in [-0.25, -0.2) is 4.79 Å². The van der Waals surface area contributed by atoms with Gasteiger partial charge in [0.15, 0.2) is 5.76 Å². The van der Waals surface area contributed by atoms with Gasteiger partial charge < -0.3 is 19.1 Å². The lowest BCUT2D eigenvalue weighted by atomic mass is 10.1. The number of rotatable bonds is 3. The Hall–Kier alpha value is -3.55. The van der Waals surface area contributed by atoms with Crippen LogP contribution in [0, 0.1) is 0 Å². The lowest BCUT2D eigenvalue weighted by Crippen LogP contribution is -2.45. The molecule has 0 radical (unpaired) electrons. The van der Waals surface area contributed by atoms with Crippen molar-refractivity contribution in [3.63, 3.8) is 0 Å². The van der Waals surface area contributed by atoms with Crippen LogP contribution in [0.1, 0.15) is 23.4 Å². The summed E-state index contributed by atoms with van der Waals surface area (Å²) in [6.45, 7) is 3.13. The van der Waals surface area contributed by atoms with Crippen LogP contribution in [-0.2, 0) is 14.4 Å². The predicted molar refractivity (Wildman–Crippen MR) is 110 cm³/mol. The topological polar surface area (TPSA) is 83.3 Å². The molecular weight excluding hydrogens is 500 g/mol. The highest BCUT2D eigenvalue weighted by Crippen LogP contribution is 2.30. The fourth-order valence-corrected chi connectivity index (χ4v) is 4.13. The molecule has 5 rings (SSSR count). The Kier molecular flexibility index (Phi) is 6.73. The number of furan rings is 1. The van der Waals surface area contributed by atoms with Crippen molar-refractivity contribution in [2.45, 2.75) is 31.2 Å². The Morgan fingerprint density at radius 1 is 0.861 bits per heavy atom. The van der Waals surface area contributed by atoms with E-state index in [1.54, 1.807) is 4.90 Å². The highest BCUT2D eigenvalue weighted by atomic mass is 19.4. The van der Waals surface area contributed by atoms with E-state index >= 15 is 0 Å². The minimum Gasteiger partial charge on any atom is -0.451 e. The lowest BCUT2D eigenvalue weighted by molar-refractivity contribution is -0.207. The number of amides is 2. The van der Waals surface area contributed by atoms with Gasteiger partial charge in [0.2, 0.25) is 0 Å². The summed E-state index contributed by atoms with van der Waals surface area (Å²) in [5, 5.41) is -0.777. The number of alkyl halides is 6. The first-order chi connectivity index (χ1) is 16.8. The van der Waals surface area contributed by atoms with Gasteiger partial charge in [0.25, 0.3) is 5.91 Å². The summed E-state index contributed by atoms with van der Waals surface area (Å²) in [7, 11) is 0. The van der Waals surface area contributed by atoms with E-state index in [4.69, 9.17) is 4.42 Å². The molecule has 2 amide bonds. The van der Waals surface area contributed by atoms with E-state index in [-0.39, 0.29) is 29.0 Å². The molecule has 3 aliphatic rings. The van der Waals surface area contributed by atoms with E-state index in [9.17, 15) is 40.7 Å². The van der Waals surface area contributed by atoms with Crippen molar-refractivity contribution in [3.8, 4) is 11.3 Å². The summed E-state index contributed by atoms with van der Waals surface area (Å²) in [5.74, 6) is -5.91. The zero-order chi connectivity index (χ0) is 26.3. The van der Waals surface area contributed by atoms with Crippen LogP contribution in [0.2, 0.25) is 0 Å². The van der Waals surface area contributed by atoms with Crippen molar-refractivity contribution < 1.29 is 50.0 Å². The van der Waals surface area contributed by atoms with Crippen LogP contribution in [-0.4, -0.2) is 72.2 Å². The third-order valence-electron chi connectivity index (χ3n) is 5.95. The number of anilines is 1. The highest BCUT2D eigenvalue weighted by Gasteiger charge is 2.49. The lowest BCUT2D eigenvalue weighted by Gasteiger charge is -2.30. The molecule has 0 aliphatic carbocycles. The first kappa shape index (κ1) is 25.5. The Morgan fingerprint density at radius 2 is 1.50 bits per heavy atom. The molecule has 36 heavy (non-hydrogen) atoms. The number of nitrogens with zero attached hydrogens (tertiary/aromatic N) is 3. The largest absolute Gasteiger partial charge is 0.493 e. The Labute approximate surface area is 199 Å². The fourth-order valence-electron chi connectivity index (χ4n) is 4.13. The Balaban J connectivity index is 1.53. The first-order valence-electron chi connectivity index (χ1n) is 10.8. The third-order valence-corrected chi connectivity index (χ3v) is 5.95. The molecule has 0 saturated carbocycles. The van der Waals surface area contributed by atoms with Gasteiger partial charge in [0.1, 0.15) is 5.76 Å². The van der Waals surface area contributed by atoms with E-state index in [2.05, 4.69) is 9.74 Å². The maximum atomic E-state index is 13.0. The molecule has 14 heteroatoms. The number of hydroxylamine groups is 1. The zero-order valence-corrected chi connectivity index (χ0v) is 18.4. The van der Waals surface area contributed by atoms with E-state index in [0.717, 1.165) is 56.7 Å². The zero-order valence-electron chi connectivity index (χ0n) is 18.4. The number of carbonyl (C=O) groups excluding carboxylic acids is 3. The second-order valence-electron chi connectivity index (χ2n) is 8.26. The average molecular weight is 519 g/mol. The molecule has 3 aliphatic heterocycles. The number of fused-ring (bicyclic) bond motifs is 4. The van der Waals surface area contributed by atoms with Crippen LogP contribution in [0.4, 0.5) is 32.0 Å². The van der Waals surface area contributed by atoms with Crippen LogP contribution in [0.25, 0.3) is 11.3 Å². The molecule has 1 aromatic carbocycles. The average Bonchev–Trinajstić information content (AvgIpc) is 3.13. The molecule has 3 saturated heterocycles. The van der Waals surface area contributed by atoms with Crippen LogP contribution >= 0.6 is 0 Å². The van der Waals surface area contributed by atoms with Crippen molar-refractivity contribution in [2.24, 2.45) is 0 Å². The minimum absolute atomic E-state index is 0.0578. The third kappa shape index (κ3) is 5.32. The second-order valence-corrected chi connectivity index (χ2v) is 8.26. The molecule has 2 bridgehead atoms. The minimum atomic E-state index is -5.63. The van der Waals surface area contributed by atoms with Gasteiger partial charge in [0, 0.05) is 37.8 Å². The monoisotopic (exact) mass is 519 g/mol. The SMILES string of the molecule is O=C(c1ccc(-c2ccc(N(OC(=O)C(F)(F)F)C(=O)C(F)(F)F)cc2)o1)N1CCN2CCC1CC2. The van der Waals surface area contributed by atoms with Crippen LogP contribution < -0.4 is 5.06 Å². The second kappa shape index (κ2) is 9.48. The Morgan fingerprint density at radius 3 is 2.08 bits per heavy atom. The molecule has 194 valence electrons.